The number of hydrogen-bond donors (Lipinski definition) is 1. The predicted octanol–water partition coefficient (Wildman–Crippen LogP) is 2.48. The molecule has 0 aliphatic rings. The van der Waals surface area contributed by atoms with Crippen LogP contribution in [0.15, 0.2) is 24.5 Å². The van der Waals surface area contributed by atoms with E-state index in [1.165, 1.54) is 5.69 Å². The highest BCUT2D eigenvalue weighted by atomic mass is 15.3. The molecule has 1 unspecified atom stereocenters. The molecule has 5 heteroatoms. The molecule has 5 nitrogen and oxygen atoms in total. The molecule has 0 spiro atoms. The van der Waals surface area contributed by atoms with Crippen molar-refractivity contribution >= 4 is 0 Å². The monoisotopic (exact) mass is 273 g/mol. The zero-order valence-electron chi connectivity index (χ0n) is 12.5. The Hall–Kier alpha value is -1.75. The van der Waals surface area contributed by atoms with Gasteiger partial charge in [-0.3, -0.25) is 4.68 Å². The maximum atomic E-state index is 4.57. The Bertz CT molecular complexity index is 535. The second kappa shape index (κ2) is 7.14. The van der Waals surface area contributed by atoms with Gasteiger partial charge in [-0.05, 0) is 38.4 Å². The summed E-state index contributed by atoms with van der Waals surface area (Å²) in [5, 5.41) is 7.98. The molecule has 0 bridgehead atoms. The van der Waals surface area contributed by atoms with Gasteiger partial charge in [0.2, 0.25) is 0 Å². The minimum Gasteiger partial charge on any atom is -0.304 e. The van der Waals surface area contributed by atoms with Crippen molar-refractivity contribution in [3.63, 3.8) is 0 Å². The van der Waals surface area contributed by atoms with Gasteiger partial charge >= 0.3 is 0 Å². The van der Waals surface area contributed by atoms with Crippen molar-refractivity contribution < 1.29 is 0 Å². The number of nitrogens with zero attached hydrogens (tertiary/aromatic N) is 4. The molecule has 108 valence electrons. The number of hydrogen-bond acceptors (Lipinski definition) is 4. The minimum atomic E-state index is 0.0747. The van der Waals surface area contributed by atoms with E-state index in [-0.39, 0.29) is 6.04 Å². The van der Waals surface area contributed by atoms with Crippen molar-refractivity contribution in [3.8, 4) is 0 Å². The van der Waals surface area contributed by atoms with Crippen LogP contribution in [0.2, 0.25) is 0 Å². The Balaban J connectivity index is 2.33. The largest absolute Gasteiger partial charge is 0.304 e. The maximum Gasteiger partial charge on any atom is 0.125 e. The van der Waals surface area contributed by atoms with Gasteiger partial charge in [0.1, 0.15) is 5.82 Å². The molecule has 2 aromatic heterocycles. The Labute approximate surface area is 120 Å². The zero-order chi connectivity index (χ0) is 14.4. The first kappa shape index (κ1) is 14.7. The van der Waals surface area contributed by atoms with Crippen LogP contribution in [0.3, 0.4) is 0 Å². The van der Waals surface area contributed by atoms with Crippen LogP contribution >= 0.6 is 0 Å². The lowest BCUT2D eigenvalue weighted by molar-refractivity contribution is 0.504. The van der Waals surface area contributed by atoms with Gasteiger partial charge in [0.05, 0.1) is 17.4 Å². The fourth-order valence-corrected chi connectivity index (χ4v) is 2.27. The van der Waals surface area contributed by atoms with E-state index in [9.17, 15) is 0 Å². The first-order valence-electron chi connectivity index (χ1n) is 7.30. The number of aryl methyl sites for hydroxylation is 2. The summed E-state index contributed by atoms with van der Waals surface area (Å²) in [7, 11) is 0. The van der Waals surface area contributed by atoms with E-state index in [1.54, 1.807) is 0 Å². The second-order valence-corrected chi connectivity index (χ2v) is 4.90. The normalized spacial score (nSPS) is 12.6. The van der Waals surface area contributed by atoms with Crippen molar-refractivity contribution in [3.05, 3.63) is 41.7 Å². The second-order valence-electron chi connectivity index (χ2n) is 4.90. The van der Waals surface area contributed by atoms with Crippen LogP contribution in [-0.4, -0.2) is 26.3 Å². The van der Waals surface area contributed by atoms with Crippen LogP contribution in [-0.2, 0) is 6.54 Å². The lowest BCUT2D eigenvalue weighted by Crippen LogP contribution is -2.27. The fraction of sp³-hybridized carbons (Fsp3) is 0.533. The van der Waals surface area contributed by atoms with Gasteiger partial charge in [-0.2, -0.15) is 5.10 Å². The van der Waals surface area contributed by atoms with E-state index in [2.05, 4.69) is 45.0 Å². The summed E-state index contributed by atoms with van der Waals surface area (Å²) in [6.07, 6.45) is 5.83. The molecular formula is C15H23N5. The molecule has 20 heavy (non-hydrogen) atoms. The molecule has 2 aromatic rings. The first-order chi connectivity index (χ1) is 9.76. The van der Waals surface area contributed by atoms with Crippen LogP contribution in [0, 0.1) is 6.92 Å². The minimum absolute atomic E-state index is 0.0747. The molecule has 0 radical (unpaired) electrons. The fourth-order valence-electron chi connectivity index (χ4n) is 2.27. The topological polar surface area (TPSA) is 55.6 Å². The quantitative estimate of drug-likeness (QED) is 0.842. The molecule has 0 aliphatic carbocycles. The summed E-state index contributed by atoms with van der Waals surface area (Å²) in [6.45, 7) is 8.12. The van der Waals surface area contributed by atoms with Gasteiger partial charge in [-0.1, -0.05) is 13.8 Å². The molecule has 0 aromatic carbocycles. The molecule has 0 aliphatic heterocycles. The van der Waals surface area contributed by atoms with E-state index in [0.717, 1.165) is 37.4 Å². The van der Waals surface area contributed by atoms with Crippen LogP contribution in [0.4, 0.5) is 0 Å². The van der Waals surface area contributed by atoms with Crippen LogP contribution in [0.25, 0.3) is 0 Å². The first-order valence-corrected chi connectivity index (χ1v) is 7.30. The molecule has 1 atom stereocenters. The average molecular weight is 273 g/mol. The molecule has 0 saturated heterocycles. The highest BCUT2D eigenvalue weighted by molar-refractivity contribution is 5.21. The summed E-state index contributed by atoms with van der Waals surface area (Å²) in [6, 6.07) is 4.12. The summed E-state index contributed by atoms with van der Waals surface area (Å²) in [5.74, 6) is 0.798. The van der Waals surface area contributed by atoms with E-state index in [0.29, 0.717) is 0 Å². The van der Waals surface area contributed by atoms with Crippen LogP contribution in [0.5, 0.6) is 0 Å². The third-order valence-corrected chi connectivity index (χ3v) is 3.17. The van der Waals surface area contributed by atoms with Gasteiger partial charge in [0.15, 0.2) is 0 Å². The highest BCUT2D eigenvalue weighted by Gasteiger charge is 2.19. The van der Waals surface area contributed by atoms with Gasteiger partial charge < -0.3 is 5.32 Å². The Morgan fingerprint density at radius 2 is 2.05 bits per heavy atom. The SMILES string of the molecule is CCCNC(c1ccnc(C)n1)c1ccnn1CCC. The third kappa shape index (κ3) is 3.42. The highest BCUT2D eigenvalue weighted by Crippen LogP contribution is 2.20. The Morgan fingerprint density at radius 3 is 2.75 bits per heavy atom. The summed E-state index contributed by atoms with van der Waals surface area (Å²) < 4.78 is 2.06. The van der Waals surface area contributed by atoms with Gasteiger partial charge in [0.25, 0.3) is 0 Å². The molecule has 0 amide bonds. The molecule has 2 heterocycles. The van der Waals surface area contributed by atoms with Crippen molar-refractivity contribution in [1.82, 2.24) is 25.1 Å². The van der Waals surface area contributed by atoms with Gasteiger partial charge in [0, 0.05) is 18.9 Å². The van der Waals surface area contributed by atoms with E-state index < -0.39 is 0 Å². The summed E-state index contributed by atoms with van der Waals surface area (Å²) >= 11 is 0. The Kier molecular flexibility index (Phi) is 5.24. The molecule has 2 rings (SSSR count). The standard InChI is InChI=1S/C15H23N5/c1-4-8-17-15(13-6-9-16-12(3)19-13)14-7-10-18-20(14)11-5-2/h6-7,9-10,15,17H,4-5,8,11H2,1-3H3. The number of rotatable bonds is 7. The lowest BCUT2D eigenvalue weighted by atomic mass is 10.1. The summed E-state index contributed by atoms with van der Waals surface area (Å²) in [4.78, 5) is 8.75. The molecular weight excluding hydrogens is 250 g/mol. The molecule has 0 saturated carbocycles. The maximum absolute atomic E-state index is 4.57. The Morgan fingerprint density at radius 1 is 1.20 bits per heavy atom. The smallest absolute Gasteiger partial charge is 0.125 e. The van der Waals surface area contributed by atoms with E-state index in [1.807, 2.05) is 25.4 Å². The van der Waals surface area contributed by atoms with Crippen molar-refractivity contribution in [2.24, 2.45) is 0 Å². The van der Waals surface area contributed by atoms with E-state index in [4.69, 9.17) is 0 Å². The summed E-state index contributed by atoms with van der Waals surface area (Å²) in [5.41, 5.74) is 2.17. The van der Waals surface area contributed by atoms with Crippen LogP contribution < -0.4 is 5.32 Å². The van der Waals surface area contributed by atoms with Crippen molar-refractivity contribution in [2.75, 3.05) is 6.54 Å². The van der Waals surface area contributed by atoms with Gasteiger partial charge in [-0.15, -0.1) is 0 Å². The van der Waals surface area contributed by atoms with Gasteiger partial charge in [-0.25, -0.2) is 9.97 Å². The molecule has 1 N–H and O–H groups in total. The number of nitrogens with one attached hydrogen (secondary N) is 1. The predicted molar refractivity (Wildman–Crippen MR) is 79.4 cm³/mol. The third-order valence-electron chi connectivity index (χ3n) is 3.17. The lowest BCUT2D eigenvalue weighted by Gasteiger charge is -2.19. The van der Waals surface area contributed by atoms with Crippen molar-refractivity contribution in [1.29, 1.82) is 0 Å². The number of aromatic nitrogens is 4. The average Bonchev–Trinajstić information content (AvgIpc) is 2.88. The van der Waals surface area contributed by atoms with Crippen molar-refractivity contribution in [2.45, 2.75) is 46.2 Å². The zero-order valence-corrected chi connectivity index (χ0v) is 12.5. The van der Waals surface area contributed by atoms with E-state index >= 15 is 0 Å². The van der Waals surface area contributed by atoms with Crippen LogP contribution in [0.1, 0.15) is 49.9 Å². The molecule has 0 fully saturated rings.